The summed E-state index contributed by atoms with van der Waals surface area (Å²) in [6.07, 6.45) is -3.85. The smallest absolute Gasteiger partial charge is 0.349 e. The van der Waals surface area contributed by atoms with Gasteiger partial charge in [0, 0.05) is 6.20 Å². The number of rotatable bonds is 5. The summed E-state index contributed by atoms with van der Waals surface area (Å²) in [7, 11) is 0. The molecule has 0 aliphatic heterocycles. The van der Waals surface area contributed by atoms with Gasteiger partial charge in [-0.3, -0.25) is 4.79 Å². The zero-order valence-electron chi connectivity index (χ0n) is 13.8. The lowest BCUT2D eigenvalue weighted by Gasteiger charge is -2.18. The van der Waals surface area contributed by atoms with Crippen molar-refractivity contribution in [3.8, 4) is 0 Å². The number of hydrogen-bond acceptors (Lipinski definition) is 3. The molecule has 2 aromatic rings. The molecule has 0 unspecified atom stereocenters. The maximum atomic E-state index is 12.9. The van der Waals surface area contributed by atoms with E-state index in [1.54, 1.807) is 26.0 Å². The van der Waals surface area contributed by atoms with Gasteiger partial charge in [-0.15, -0.1) is 0 Å². The number of pyridine rings is 1. The van der Waals surface area contributed by atoms with Crippen molar-refractivity contribution in [2.24, 2.45) is 0 Å². The molecule has 0 spiro atoms. The van der Waals surface area contributed by atoms with Gasteiger partial charge in [-0.25, -0.2) is 9.37 Å². The zero-order valence-corrected chi connectivity index (χ0v) is 15.3. The Morgan fingerprint density at radius 1 is 1.23 bits per heavy atom. The first kappa shape index (κ1) is 20.5. The maximum absolute atomic E-state index is 12.9. The van der Waals surface area contributed by atoms with E-state index in [1.165, 1.54) is 12.1 Å². The molecule has 9 heteroatoms. The normalized spacial score (nSPS) is 14.0. The lowest BCUT2D eigenvalue weighted by Crippen LogP contribution is -2.33. The molecule has 1 amide bonds. The van der Waals surface area contributed by atoms with Crippen LogP contribution in [0.4, 0.5) is 17.6 Å². The van der Waals surface area contributed by atoms with Crippen molar-refractivity contribution in [2.45, 2.75) is 36.3 Å². The Labute approximate surface area is 157 Å². The largest absolute Gasteiger partial charge is 0.417 e. The van der Waals surface area contributed by atoms with Crippen LogP contribution in [0.25, 0.3) is 0 Å². The molecule has 2 rings (SSSR count). The van der Waals surface area contributed by atoms with Crippen molar-refractivity contribution in [1.29, 1.82) is 0 Å². The van der Waals surface area contributed by atoms with Crippen molar-refractivity contribution in [3.05, 3.63) is 58.5 Å². The van der Waals surface area contributed by atoms with Gasteiger partial charge in [-0.1, -0.05) is 35.5 Å². The summed E-state index contributed by atoms with van der Waals surface area (Å²) in [6, 6.07) is 6.13. The number of nitrogens with zero attached hydrogens (tertiary/aromatic N) is 1. The first-order valence-corrected chi connectivity index (χ1v) is 8.79. The van der Waals surface area contributed by atoms with Crippen LogP contribution in [-0.4, -0.2) is 16.1 Å². The minimum Gasteiger partial charge on any atom is -0.349 e. The molecular weight excluding hydrogens is 392 g/mol. The van der Waals surface area contributed by atoms with Crippen LogP contribution in [0.2, 0.25) is 5.02 Å². The SMILES string of the molecule is C[C@H](Sc1ncc(C(F)(F)F)cc1Cl)C(=O)N[C@H](C)c1ccc(F)cc1. The highest BCUT2D eigenvalue weighted by atomic mass is 35.5. The maximum Gasteiger partial charge on any atom is 0.417 e. The van der Waals surface area contributed by atoms with Crippen molar-refractivity contribution in [2.75, 3.05) is 0 Å². The molecule has 0 aliphatic rings. The third-order valence-electron chi connectivity index (χ3n) is 3.52. The number of alkyl halides is 3. The molecule has 1 aromatic carbocycles. The van der Waals surface area contributed by atoms with Crippen LogP contribution >= 0.6 is 23.4 Å². The van der Waals surface area contributed by atoms with Gasteiger partial charge in [0.2, 0.25) is 5.91 Å². The second-order valence-corrected chi connectivity index (χ2v) is 7.29. The first-order valence-electron chi connectivity index (χ1n) is 7.53. The summed E-state index contributed by atoms with van der Waals surface area (Å²) in [5.41, 5.74) is -0.225. The number of halogens is 5. The Hall–Kier alpha value is -1.80. The monoisotopic (exact) mass is 406 g/mol. The molecule has 0 fully saturated rings. The van der Waals surface area contributed by atoms with Gasteiger partial charge >= 0.3 is 6.18 Å². The van der Waals surface area contributed by atoms with Gasteiger partial charge in [0.05, 0.1) is 21.9 Å². The minimum atomic E-state index is -4.53. The number of nitrogens with one attached hydrogen (secondary N) is 1. The summed E-state index contributed by atoms with van der Waals surface area (Å²) in [5, 5.41) is 2.08. The predicted molar refractivity (Wildman–Crippen MR) is 92.5 cm³/mol. The third kappa shape index (κ3) is 5.35. The van der Waals surface area contributed by atoms with E-state index in [0.717, 1.165) is 23.4 Å². The number of hydrogen-bond donors (Lipinski definition) is 1. The Morgan fingerprint density at radius 2 is 1.85 bits per heavy atom. The average molecular weight is 407 g/mol. The van der Waals surface area contributed by atoms with Gasteiger partial charge in [-0.2, -0.15) is 13.2 Å². The van der Waals surface area contributed by atoms with Crippen LogP contribution < -0.4 is 5.32 Å². The fourth-order valence-electron chi connectivity index (χ4n) is 2.05. The van der Waals surface area contributed by atoms with E-state index in [-0.39, 0.29) is 27.8 Å². The van der Waals surface area contributed by atoms with E-state index in [9.17, 15) is 22.4 Å². The van der Waals surface area contributed by atoms with Crippen LogP contribution in [0.15, 0.2) is 41.6 Å². The lowest BCUT2D eigenvalue weighted by atomic mass is 10.1. The van der Waals surface area contributed by atoms with Crippen LogP contribution in [-0.2, 0) is 11.0 Å². The molecule has 26 heavy (non-hydrogen) atoms. The molecule has 140 valence electrons. The van der Waals surface area contributed by atoms with E-state index < -0.39 is 17.0 Å². The molecule has 0 bridgehead atoms. The van der Waals surface area contributed by atoms with Crippen molar-refractivity contribution in [3.63, 3.8) is 0 Å². The lowest BCUT2D eigenvalue weighted by molar-refractivity contribution is -0.137. The average Bonchev–Trinajstić information content (AvgIpc) is 2.56. The van der Waals surface area contributed by atoms with Crippen LogP contribution in [0.3, 0.4) is 0 Å². The van der Waals surface area contributed by atoms with Gasteiger partial charge in [0.25, 0.3) is 0 Å². The standard InChI is InChI=1S/C17H15ClF4N2OS/c1-9(11-3-5-13(19)6-4-11)24-15(25)10(2)26-16-14(18)7-12(8-23-16)17(20,21)22/h3-10H,1-2H3,(H,24,25)/t9-,10+/m1/s1. The van der Waals surface area contributed by atoms with E-state index in [1.807, 2.05) is 0 Å². The summed E-state index contributed by atoms with van der Waals surface area (Å²) in [4.78, 5) is 16.0. The number of carbonyl (C=O) groups excluding carboxylic acids is 1. The van der Waals surface area contributed by atoms with Crippen LogP contribution in [0.5, 0.6) is 0 Å². The Bertz CT molecular complexity index is 783. The van der Waals surface area contributed by atoms with Crippen LogP contribution in [0, 0.1) is 5.82 Å². The minimum absolute atomic E-state index is 0.136. The van der Waals surface area contributed by atoms with E-state index in [2.05, 4.69) is 10.3 Å². The summed E-state index contributed by atoms with van der Waals surface area (Å²) in [6.45, 7) is 3.33. The second-order valence-electron chi connectivity index (χ2n) is 5.55. The van der Waals surface area contributed by atoms with Gasteiger partial charge in [-0.05, 0) is 37.6 Å². The predicted octanol–water partition coefficient (Wildman–Crippen LogP) is 5.25. The van der Waals surface area contributed by atoms with E-state index >= 15 is 0 Å². The van der Waals surface area contributed by atoms with Crippen molar-refractivity contribution >= 4 is 29.3 Å². The number of carbonyl (C=O) groups is 1. The van der Waals surface area contributed by atoms with E-state index in [4.69, 9.17) is 11.6 Å². The fraction of sp³-hybridized carbons (Fsp3) is 0.294. The second kappa shape index (κ2) is 8.26. The highest BCUT2D eigenvalue weighted by molar-refractivity contribution is 8.00. The fourth-order valence-corrected chi connectivity index (χ4v) is 3.15. The summed E-state index contributed by atoms with van der Waals surface area (Å²) in [5.74, 6) is -0.719. The topological polar surface area (TPSA) is 42.0 Å². The van der Waals surface area contributed by atoms with Crippen molar-refractivity contribution in [1.82, 2.24) is 10.3 Å². The molecule has 3 nitrogen and oxygen atoms in total. The summed E-state index contributed by atoms with van der Waals surface area (Å²) >= 11 is 6.80. The summed E-state index contributed by atoms with van der Waals surface area (Å²) < 4.78 is 50.8. The van der Waals surface area contributed by atoms with Crippen molar-refractivity contribution < 1.29 is 22.4 Å². The van der Waals surface area contributed by atoms with Gasteiger partial charge in [0.1, 0.15) is 10.8 Å². The Balaban J connectivity index is 2.01. The highest BCUT2D eigenvalue weighted by Crippen LogP contribution is 2.35. The molecule has 0 saturated heterocycles. The van der Waals surface area contributed by atoms with E-state index in [0.29, 0.717) is 6.20 Å². The molecule has 1 heterocycles. The first-order chi connectivity index (χ1) is 12.1. The molecule has 0 radical (unpaired) electrons. The Morgan fingerprint density at radius 3 is 2.38 bits per heavy atom. The molecular formula is C17H15ClF4N2OS. The quantitative estimate of drug-likeness (QED) is 0.544. The van der Waals surface area contributed by atoms with Crippen LogP contribution in [0.1, 0.15) is 31.0 Å². The van der Waals surface area contributed by atoms with Gasteiger partial charge < -0.3 is 5.32 Å². The third-order valence-corrected chi connectivity index (χ3v) is 5.04. The number of thioether (sulfide) groups is 1. The molecule has 1 aromatic heterocycles. The number of amides is 1. The molecule has 0 aliphatic carbocycles. The number of benzene rings is 1. The molecule has 1 N–H and O–H groups in total. The molecule has 2 atom stereocenters. The van der Waals surface area contributed by atoms with Gasteiger partial charge in [0.15, 0.2) is 0 Å². The number of aromatic nitrogens is 1. The zero-order chi connectivity index (χ0) is 19.5. The Kier molecular flexibility index (Phi) is 6.52. The molecule has 0 saturated carbocycles. The highest BCUT2D eigenvalue weighted by Gasteiger charge is 2.32.